The lowest BCUT2D eigenvalue weighted by Crippen LogP contribution is -1.78. The Kier molecular flexibility index (Phi) is 4.45. The molecule has 0 saturated heterocycles. The molecule has 0 radical (unpaired) electrons. The van der Waals surface area contributed by atoms with E-state index in [4.69, 9.17) is 23.2 Å². The number of hydrogen-bond acceptors (Lipinski definition) is 1. The minimum absolute atomic E-state index is 0.274. The first kappa shape index (κ1) is 14.4. The number of hydrogen-bond donors (Lipinski definition) is 0. The summed E-state index contributed by atoms with van der Waals surface area (Å²) in [5.41, 5.74) is 3.59. The molecule has 3 heteroatoms. The van der Waals surface area contributed by atoms with Crippen LogP contribution in [0.5, 0.6) is 0 Å². The first-order valence-electron chi connectivity index (χ1n) is 6.51. The van der Waals surface area contributed by atoms with Crippen LogP contribution in [0.1, 0.15) is 4.88 Å². The van der Waals surface area contributed by atoms with E-state index in [1.54, 1.807) is 17.4 Å². The van der Waals surface area contributed by atoms with Crippen molar-refractivity contribution in [3.8, 4) is 21.6 Å². The first-order valence-corrected chi connectivity index (χ1v) is 8.08. The Bertz CT molecular complexity index is 697. The Morgan fingerprint density at radius 1 is 0.810 bits per heavy atom. The van der Waals surface area contributed by atoms with E-state index in [1.807, 2.05) is 36.4 Å². The molecule has 0 aliphatic heterocycles. The van der Waals surface area contributed by atoms with E-state index in [1.165, 1.54) is 21.6 Å². The monoisotopic (exact) mass is 330 g/mol. The van der Waals surface area contributed by atoms with E-state index >= 15 is 0 Å². The Hall–Kier alpha value is -1.54. The maximum absolute atomic E-state index is 5.80. The highest BCUT2D eigenvalue weighted by atomic mass is 35.5. The molecular formula is C18H12Cl2S. The highest BCUT2D eigenvalue weighted by Gasteiger charge is 2.11. The van der Waals surface area contributed by atoms with Crippen LogP contribution in [0.4, 0.5) is 0 Å². The second kappa shape index (κ2) is 6.48. The van der Waals surface area contributed by atoms with Crippen LogP contribution in [-0.2, 0) is 0 Å². The predicted molar refractivity (Wildman–Crippen MR) is 94.9 cm³/mol. The van der Waals surface area contributed by atoms with Gasteiger partial charge in [0.25, 0.3) is 0 Å². The summed E-state index contributed by atoms with van der Waals surface area (Å²) in [5, 5.41) is 0. The number of halogens is 2. The van der Waals surface area contributed by atoms with Gasteiger partial charge in [-0.2, -0.15) is 0 Å². The number of benzene rings is 2. The van der Waals surface area contributed by atoms with Gasteiger partial charge in [-0.3, -0.25) is 0 Å². The summed E-state index contributed by atoms with van der Waals surface area (Å²) in [6, 6.07) is 22.8. The van der Waals surface area contributed by atoms with Gasteiger partial charge in [0, 0.05) is 15.3 Å². The molecule has 0 nitrogen and oxygen atoms in total. The lowest BCUT2D eigenvalue weighted by atomic mass is 10.0. The van der Waals surface area contributed by atoms with E-state index < -0.39 is 0 Å². The van der Waals surface area contributed by atoms with Crippen LogP contribution < -0.4 is 0 Å². The third kappa shape index (κ3) is 3.38. The molecule has 0 amide bonds. The molecule has 0 fully saturated rings. The van der Waals surface area contributed by atoms with Crippen molar-refractivity contribution in [3.63, 3.8) is 0 Å². The summed E-state index contributed by atoms with van der Waals surface area (Å²) in [6.07, 6.45) is 1.78. The summed E-state index contributed by atoms with van der Waals surface area (Å²) in [6.45, 7) is 0. The topological polar surface area (TPSA) is 0 Å². The molecule has 0 N–H and O–H groups in total. The van der Waals surface area contributed by atoms with Crippen LogP contribution in [0.2, 0.25) is 0 Å². The molecule has 0 bridgehead atoms. The van der Waals surface area contributed by atoms with Crippen molar-refractivity contribution < 1.29 is 0 Å². The van der Waals surface area contributed by atoms with Crippen molar-refractivity contribution >= 4 is 40.6 Å². The fourth-order valence-corrected chi connectivity index (χ4v) is 3.72. The average molecular weight is 331 g/mol. The zero-order valence-corrected chi connectivity index (χ0v) is 13.4. The van der Waals surface area contributed by atoms with E-state index in [0.29, 0.717) is 0 Å². The van der Waals surface area contributed by atoms with Crippen molar-refractivity contribution in [2.24, 2.45) is 0 Å². The maximum atomic E-state index is 5.80. The molecule has 0 aliphatic carbocycles. The highest BCUT2D eigenvalue weighted by Crippen LogP contribution is 2.40. The van der Waals surface area contributed by atoms with Crippen LogP contribution in [0.3, 0.4) is 0 Å². The third-order valence-corrected chi connectivity index (χ3v) is 4.47. The minimum atomic E-state index is 0.274. The van der Waals surface area contributed by atoms with Crippen LogP contribution in [0, 0.1) is 0 Å². The Balaban J connectivity index is 2.18. The molecular weight excluding hydrogens is 319 g/mol. The van der Waals surface area contributed by atoms with E-state index in [-0.39, 0.29) is 4.49 Å². The molecule has 0 saturated carbocycles. The zero-order valence-electron chi connectivity index (χ0n) is 11.1. The highest BCUT2D eigenvalue weighted by molar-refractivity contribution is 7.17. The quantitative estimate of drug-likeness (QED) is 0.492. The standard InChI is InChI=1S/C18H12Cl2S/c19-17(20)12-15-11-16(13-7-3-1-4-8-13)18(21-15)14-9-5-2-6-10-14/h1-12H. The van der Waals surface area contributed by atoms with Crippen molar-refractivity contribution in [3.05, 3.63) is 76.1 Å². The van der Waals surface area contributed by atoms with Gasteiger partial charge in [-0.1, -0.05) is 83.9 Å². The van der Waals surface area contributed by atoms with Gasteiger partial charge in [-0.05, 0) is 23.3 Å². The van der Waals surface area contributed by atoms with Crippen LogP contribution in [0.25, 0.3) is 27.6 Å². The fourth-order valence-electron chi connectivity index (χ4n) is 2.22. The lowest BCUT2D eigenvalue weighted by Gasteiger charge is -2.03. The second-order valence-corrected chi connectivity index (χ2v) is 6.65. The molecule has 3 aromatic rings. The first-order chi connectivity index (χ1) is 10.2. The van der Waals surface area contributed by atoms with Crippen LogP contribution in [-0.4, -0.2) is 0 Å². The second-order valence-electron chi connectivity index (χ2n) is 4.56. The van der Waals surface area contributed by atoms with Gasteiger partial charge in [-0.15, -0.1) is 11.3 Å². The minimum Gasteiger partial charge on any atom is -0.135 e. The molecule has 1 heterocycles. The van der Waals surface area contributed by atoms with Crippen molar-refractivity contribution in [2.45, 2.75) is 0 Å². The molecule has 0 spiro atoms. The van der Waals surface area contributed by atoms with Gasteiger partial charge in [-0.25, -0.2) is 0 Å². The van der Waals surface area contributed by atoms with E-state index in [9.17, 15) is 0 Å². The maximum Gasteiger partial charge on any atom is 0.108 e. The molecule has 21 heavy (non-hydrogen) atoms. The van der Waals surface area contributed by atoms with Gasteiger partial charge in [0.15, 0.2) is 0 Å². The molecule has 1 aromatic heterocycles. The SMILES string of the molecule is ClC(Cl)=Cc1cc(-c2ccccc2)c(-c2ccccc2)s1. The van der Waals surface area contributed by atoms with Gasteiger partial charge < -0.3 is 0 Å². The number of rotatable bonds is 3. The van der Waals surface area contributed by atoms with Crippen molar-refractivity contribution in [1.29, 1.82) is 0 Å². The molecule has 2 aromatic carbocycles. The van der Waals surface area contributed by atoms with Gasteiger partial charge in [0.05, 0.1) is 0 Å². The fraction of sp³-hybridized carbons (Fsp3) is 0. The Labute approximate surface area is 138 Å². The Morgan fingerprint density at radius 3 is 1.95 bits per heavy atom. The number of thiophene rings is 1. The van der Waals surface area contributed by atoms with Gasteiger partial charge in [0.1, 0.15) is 4.49 Å². The van der Waals surface area contributed by atoms with Gasteiger partial charge in [0.2, 0.25) is 0 Å². The lowest BCUT2D eigenvalue weighted by molar-refractivity contribution is 1.65. The average Bonchev–Trinajstić information content (AvgIpc) is 2.92. The van der Waals surface area contributed by atoms with Gasteiger partial charge >= 0.3 is 0 Å². The normalized spacial score (nSPS) is 10.4. The largest absolute Gasteiger partial charge is 0.135 e. The summed E-state index contributed by atoms with van der Waals surface area (Å²) >= 11 is 13.3. The van der Waals surface area contributed by atoms with Crippen LogP contribution >= 0.6 is 34.5 Å². The molecule has 0 unspecified atom stereocenters. The van der Waals surface area contributed by atoms with E-state index in [0.717, 1.165) is 4.88 Å². The van der Waals surface area contributed by atoms with Crippen molar-refractivity contribution in [2.75, 3.05) is 0 Å². The smallest absolute Gasteiger partial charge is 0.108 e. The van der Waals surface area contributed by atoms with Crippen LogP contribution in [0.15, 0.2) is 71.2 Å². The Morgan fingerprint density at radius 2 is 1.38 bits per heavy atom. The van der Waals surface area contributed by atoms with E-state index in [2.05, 4.69) is 30.3 Å². The van der Waals surface area contributed by atoms with Crippen molar-refractivity contribution in [1.82, 2.24) is 0 Å². The molecule has 3 rings (SSSR count). The third-order valence-electron chi connectivity index (χ3n) is 3.12. The summed E-state index contributed by atoms with van der Waals surface area (Å²) < 4.78 is 0.274. The molecule has 0 atom stereocenters. The molecule has 104 valence electrons. The predicted octanol–water partition coefficient (Wildman–Crippen LogP) is 6.86. The summed E-state index contributed by atoms with van der Waals surface area (Å²) in [4.78, 5) is 2.27. The zero-order chi connectivity index (χ0) is 14.7. The molecule has 0 aliphatic rings. The summed E-state index contributed by atoms with van der Waals surface area (Å²) in [7, 11) is 0. The summed E-state index contributed by atoms with van der Waals surface area (Å²) in [5.74, 6) is 0.